The molecule has 94 valence electrons. The standard InChI is InChI=1S/C14H17ClN2Si/c1-14(2,3)18(4,5)13-7-11(9-17)10(8-16)6-12(13)15/h6-7H,1-5H3. The van der Waals surface area contributed by atoms with Crippen LogP contribution in [-0.2, 0) is 0 Å². The van der Waals surface area contributed by atoms with Crippen LogP contribution >= 0.6 is 11.6 Å². The zero-order valence-electron chi connectivity index (χ0n) is 11.4. The second-order valence-corrected chi connectivity index (χ2v) is 11.7. The lowest BCUT2D eigenvalue weighted by Crippen LogP contribution is -2.50. The molecule has 0 amide bonds. The Balaban J connectivity index is 3.55. The molecule has 0 atom stereocenters. The molecule has 0 aliphatic carbocycles. The van der Waals surface area contributed by atoms with Gasteiger partial charge in [-0.1, -0.05) is 45.5 Å². The van der Waals surface area contributed by atoms with E-state index in [1.165, 1.54) is 0 Å². The van der Waals surface area contributed by atoms with Crippen LogP contribution in [0.4, 0.5) is 0 Å². The topological polar surface area (TPSA) is 47.6 Å². The van der Waals surface area contributed by atoms with E-state index in [0.717, 1.165) is 5.19 Å². The van der Waals surface area contributed by atoms with Crippen molar-refractivity contribution >= 4 is 24.9 Å². The highest BCUT2D eigenvalue weighted by atomic mass is 35.5. The van der Waals surface area contributed by atoms with Gasteiger partial charge in [0.25, 0.3) is 0 Å². The van der Waals surface area contributed by atoms with Gasteiger partial charge in [0.05, 0.1) is 19.2 Å². The Labute approximate surface area is 115 Å². The predicted molar refractivity (Wildman–Crippen MR) is 77.7 cm³/mol. The Morgan fingerprint density at radius 1 is 1.06 bits per heavy atom. The van der Waals surface area contributed by atoms with E-state index in [-0.39, 0.29) is 5.04 Å². The summed E-state index contributed by atoms with van der Waals surface area (Å²) in [6.07, 6.45) is 0. The van der Waals surface area contributed by atoms with E-state index < -0.39 is 8.07 Å². The van der Waals surface area contributed by atoms with Gasteiger partial charge in [-0.2, -0.15) is 10.5 Å². The summed E-state index contributed by atoms with van der Waals surface area (Å²) in [6, 6.07) is 7.52. The van der Waals surface area contributed by atoms with Crippen molar-refractivity contribution in [1.29, 1.82) is 10.5 Å². The molecule has 0 fully saturated rings. The summed E-state index contributed by atoms with van der Waals surface area (Å²) in [5.74, 6) is 0. The zero-order chi connectivity index (χ0) is 14.1. The lowest BCUT2D eigenvalue weighted by Gasteiger charge is -2.38. The quantitative estimate of drug-likeness (QED) is 0.733. The predicted octanol–water partition coefficient (Wildman–Crippen LogP) is 3.80. The molecule has 0 radical (unpaired) electrons. The normalized spacial score (nSPS) is 11.8. The second-order valence-electron chi connectivity index (χ2n) is 5.98. The second kappa shape index (κ2) is 4.76. The Bertz CT molecular complexity index is 557. The number of halogens is 1. The van der Waals surface area contributed by atoms with Crippen molar-refractivity contribution in [2.75, 3.05) is 0 Å². The van der Waals surface area contributed by atoms with Crippen molar-refractivity contribution < 1.29 is 0 Å². The van der Waals surface area contributed by atoms with E-state index in [1.807, 2.05) is 6.07 Å². The van der Waals surface area contributed by atoms with Gasteiger partial charge in [0.2, 0.25) is 0 Å². The fraction of sp³-hybridized carbons (Fsp3) is 0.429. The average molecular weight is 277 g/mol. The van der Waals surface area contributed by atoms with Crippen LogP contribution in [0, 0.1) is 22.7 Å². The molecule has 1 aromatic rings. The summed E-state index contributed by atoms with van der Waals surface area (Å²) < 4.78 is 0. The van der Waals surface area contributed by atoms with Gasteiger partial charge in [-0.3, -0.25) is 0 Å². The van der Waals surface area contributed by atoms with Crippen molar-refractivity contribution in [3.05, 3.63) is 28.3 Å². The molecule has 18 heavy (non-hydrogen) atoms. The van der Waals surface area contributed by atoms with Crippen LogP contribution in [0.3, 0.4) is 0 Å². The number of hydrogen-bond acceptors (Lipinski definition) is 2. The first kappa shape index (κ1) is 14.8. The maximum absolute atomic E-state index is 9.10. The molecular formula is C14H17ClN2Si. The molecule has 0 N–H and O–H groups in total. The minimum Gasteiger partial charge on any atom is -0.192 e. The number of rotatable bonds is 1. The first-order valence-electron chi connectivity index (χ1n) is 5.79. The van der Waals surface area contributed by atoms with E-state index in [4.69, 9.17) is 22.1 Å². The maximum atomic E-state index is 9.10. The van der Waals surface area contributed by atoms with Gasteiger partial charge in [-0.05, 0) is 22.4 Å². The van der Waals surface area contributed by atoms with E-state index in [1.54, 1.807) is 12.1 Å². The van der Waals surface area contributed by atoms with E-state index in [2.05, 4.69) is 39.9 Å². The Morgan fingerprint density at radius 3 is 1.89 bits per heavy atom. The lowest BCUT2D eigenvalue weighted by atomic mass is 10.1. The SMILES string of the molecule is CC(C)(C)[Si](C)(C)c1cc(C#N)c(C#N)cc1Cl. The molecule has 0 spiro atoms. The first-order valence-corrected chi connectivity index (χ1v) is 9.17. The summed E-state index contributed by atoms with van der Waals surface area (Å²) in [4.78, 5) is 0. The third-order valence-electron chi connectivity index (χ3n) is 3.90. The van der Waals surface area contributed by atoms with Crippen molar-refractivity contribution in [3.63, 3.8) is 0 Å². The van der Waals surface area contributed by atoms with E-state index in [9.17, 15) is 0 Å². The van der Waals surface area contributed by atoms with Crippen LogP contribution < -0.4 is 5.19 Å². The molecule has 0 saturated carbocycles. The van der Waals surface area contributed by atoms with Gasteiger partial charge in [0.1, 0.15) is 12.1 Å². The van der Waals surface area contributed by atoms with Gasteiger partial charge < -0.3 is 0 Å². The van der Waals surface area contributed by atoms with E-state index >= 15 is 0 Å². The van der Waals surface area contributed by atoms with Crippen LogP contribution in [0.2, 0.25) is 23.2 Å². The van der Waals surface area contributed by atoms with Crippen molar-refractivity contribution in [3.8, 4) is 12.1 Å². The largest absolute Gasteiger partial charge is 0.192 e. The summed E-state index contributed by atoms with van der Waals surface area (Å²) in [5, 5.41) is 19.9. The van der Waals surface area contributed by atoms with Crippen LogP contribution in [-0.4, -0.2) is 8.07 Å². The van der Waals surface area contributed by atoms with Crippen LogP contribution in [0.15, 0.2) is 12.1 Å². The number of nitriles is 2. The van der Waals surface area contributed by atoms with Crippen LogP contribution in [0.5, 0.6) is 0 Å². The summed E-state index contributed by atoms with van der Waals surface area (Å²) in [6.45, 7) is 11.1. The molecule has 0 aromatic heterocycles. The molecule has 0 aliphatic rings. The molecule has 0 aliphatic heterocycles. The first-order chi connectivity index (χ1) is 8.15. The highest BCUT2D eigenvalue weighted by molar-refractivity contribution is 6.93. The fourth-order valence-corrected chi connectivity index (χ4v) is 4.50. The molecule has 4 heteroatoms. The molecule has 2 nitrogen and oxygen atoms in total. The van der Waals surface area contributed by atoms with Gasteiger partial charge in [-0.25, -0.2) is 0 Å². The van der Waals surface area contributed by atoms with Crippen LogP contribution in [0.1, 0.15) is 31.9 Å². The highest BCUT2D eigenvalue weighted by Gasteiger charge is 2.38. The van der Waals surface area contributed by atoms with Crippen molar-refractivity contribution in [1.82, 2.24) is 0 Å². The Hall–Kier alpha value is -1.29. The molecule has 0 unspecified atom stereocenters. The minimum atomic E-state index is -1.80. The maximum Gasteiger partial charge on any atom is 0.101 e. The lowest BCUT2D eigenvalue weighted by molar-refractivity contribution is 0.729. The molecular weight excluding hydrogens is 260 g/mol. The van der Waals surface area contributed by atoms with Gasteiger partial charge in [0, 0.05) is 5.02 Å². The molecule has 0 heterocycles. The van der Waals surface area contributed by atoms with Crippen molar-refractivity contribution in [2.45, 2.75) is 38.9 Å². The Kier molecular flexibility index (Phi) is 3.91. The molecule has 1 rings (SSSR count). The average Bonchev–Trinajstić information content (AvgIpc) is 2.26. The van der Waals surface area contributed by atoms with Crippen molar-refractivity contribution in [2.24, 2.45) is 0 Å². The van der Waals surface area contributed by atoms with E-state index in [0.29, 0.717) is 16.1 Å². The molecule has 1 aromatic carbocycles. The Morgan fingerprint density at radius 2 is 1.50 bits per heavy atom. The summed E-state index contributed by atoms with van der Waals surface area (Å²) in [5.41, 5.74) is 0.770. The molecule has 0 bridgehead atoms. The third kappa shape index (κ3) is 2.43. The number of benzene rings is 1. The zero-order valence-corrected chi connectivity index (χ0v) is 13.2. The molecule has 0 saturated heterocycles. The monoisotopic (exact) mass is 276 g/mol. The third-order valence-corrected chi connectivity index (χ3v) is 9.88. The smallest absolute Gasteiger partial charge is 0.101 e. The number of nitrogens with zero attached hydrogens (tertiary/aromatic N) is 2. The number of hydrogen-bond donors (Lipinski definition) is 0. The summed E-state index contributed by atoms with van der Waals surface area (Å²) in [7, 11) is -1.80. The van der Waals surface area contributed by atoms with Crippen LogP contribution in [0.25, 0.3) is 0 Å². The minimum absolute atomic E-state index is 0.136. The highest BCUT2D eigenvalue weighted by Crippen LogP contribution is 2.37. The summed E-state index contributed by atoms with van der Waals surface area (Å²) >= 11 is 6.30. The van der Waals surface area contributed by atoms with Gasteiger partial charge in [-0.15, -0.1) is 0 Å². The van der Waals surface area contributed by atoms with Gasteiger partial charge >= 0.3 is 0 Å². The van der Waals surface area contributed by atoms with Gasteiger partial charge in [0.15, 0.2) is 0 Å². The fourth-order valence-electron chi connectivity index (χ4n) is 1.64.